The van der Waals surface area contributed by atoms with Crippen molar-refractivity contribution >= 4 is 0 Å². The lowest BCUT2D eigenvalue weighted by molar-refractivity contribution is 0.0793. The van der Waals surface area contributed by atoms with Crippen molar-refractivity contribution in [2.45, 2.75) is 38.7 Å². The van der Waals surface area contributed by atoms with Crippen molar-refractivity contribution in [2.24, 2.45) is 0 Å². The molecule has 0 aromatic heterocycles. The first-order chi connectivity index (χ1) is 7.02. The quantitative estimate of drug-likeness (QED) is 0.646. The van der Waals surface area contributed by atoms with E-state index in [9.17, 15) is 0 Å². The molecule has 0 saturated carbocycles. The second kappa shape index (κ2) is 3.27. The molecule has 0 saturated heterocycles. The summed E-state index contributed by atoms with van der Waals surface area (Å²) in [7, 11) is 0. The van der Waals surface area contributed by atoms with Gasteiger partial charge in [-0.3, -0.25) is 0 Å². The van der Waals surface area contributed by atoms with Crippen molar-refractivity contribution in [3.05, 3.63) is 29.3 Å². The van der Waals surface area contributed by atoms with Gasteiger partial charge in [-0.15, -0.1) is 0 Å². The molecule has 15 heavy (non-hydrogen) atoms. The van der Waals surface area contributed by atoms with Crippen LogP contribution in [-0.2, 0) is 0 Å². The number of rotatable bonds is 0. The van der Waals surface area contributed by atoms with Crippen molar-refractivity contribution in [1.29, 1.82) is 5.26 Å². The Bertz CT molecular complexity index is 429. The van der Waals surface area contributed by atoms with E-state index in [0.717, 1.165) is 17.7 Å². The van der Waals surface area contributed by atoms with Crippen LogP contribution in [0.3, 0.4) is 0 Å². The van der Waals surface area contributed by atoms with Crippen molar-refractivity contribution in [1.82, 2.24) is 0 Å². The van der Waals surface area contributed by atoms with Gasteiger partial charge in [-0.2, -0.15) is 5.26 Å². The maximum atomic E-state index is 9.16. The van der Waals surface area contributed by atoms with E-state index in [1.807, 2.05) is 32.9 Å². The highest BCUT2D eigenvalue weighted by Crippen LogP contribution is 2.40. The summed E-state index contributed by atoms with van der Waals surface area (Å²) in [5.74, 6) is 0.826. The molecule has 1 aliphatic rings. The molecule has 1 aliphatic heterocycles. The van der Waals surface area contributed by atoms with Gasteiger partial charge >= 0.3 is 0 Å². The first kappa shape index (κ1) is 10.0. The third kappa shape index (κ3) is 1.83. The normalized spacial score (nSPS) is 22.4. The summed E-state index contributed by atoms with van der Waals surface area (Å²) >= 11 is 0. The third-order valence-electron chi connectivity index (χ3n) is 2.78. The molecule has 0 N–H and O–H groups in total. The molecule has 0 amide bonds. The highest BCUT2D eigenvalue weighted by atomic mass is 16.5. The van der Waals surface area contributed by atoms with Crippen molar-refractivity contribution < 1.29 is 4.74 Å². The zero-order valence-corrected chi connectivity index (χ0v) is 9.37. The Hall–Kier alpha value is -1.49. The molecular formula is C13H15NO. The summed E-state index contributed by atoms with van der Waals surface area (Å²) in [5, 5.41) is 9.16. The lowest BCUT2D eigenvalue weighted by atomic mass is 9.85. The van der Waals surface area contributed by atoms with Crippen LogP contribution in [0.25, 0.3) is 0 Å². The molecule has 0 aliphatic carbocycles. The zero-order chi connectivity index (χ0) is 11.1. The second-order valence-electron chi connectivity index (χ2n) is 4.79. The largest absolute Gasteiger partial charge is 0.487 e. The first-order valence-corrected chi connectivity index (χ1v) is 5.21. The van der Waals surface area contributed by atoms with E-state index in [0.29, 0.717) is 0 Å². The molecule has 2 heteroatoms. The lowest BCUT2D eigenvalue weighted by Crippen LogP contribution is -2.34. The van der Waals surface area contributed by atoms with Crippen LogP contribution in [0, 0.1) is 18.3 Å². The van der Waals surface area contributed by atoms with Crippen LogP contribution in [0.5, 0.6) is 5.75 Å². The lowest BCUT2D eigenvalue weighted by Gasteiger charge is -2.35. The van der Waals surface area contributed by atoms with Gasteiger partial charge in [0.2, 0.25) is 0 Å². The highest BCUT2D eigenvalue weighted by Gasteiger charge is 2.33. The second-order valence-corrected chi connectivity index (χ2v) is 4.79. The summed E-state index contributed by atoms with van der Waals surface area (Å²) < 4.78 is 5.86. The van der Waals surface area contributed by atoms with Gasteiger partial charge in [0.05, 0.1) is 12.0 Å². The number of aryl methyl sites for hydroxylation is 1. The van der Waals surface area contributed by atoms with Crippen LogP contribution < -0.4 is 4.74 Å². The van der Waals surface area contributed by atoms with Gasteiger partial charge in [-0.05, 0) is 26.8 Å². The maximum Gasteiger partial charge on any atom is 0.124 e. The fourth-order valence-electron chi connectivity index (χ4n) is 2.09. The standard InChI is InChI=1S/C13H15NO/c1-9-4-5-12-11(6-9)10(8-14)7-13(2,3)15-12/h4-6,10H,7H2,1-3H3. The summed E-state index contributed by atoms with van der Waals surface area (Å²) in [6.45, 7) is 6.09. The Morgan fingerprint density at radius 1 is 1.47 bits per heavy atom. The monoisotopic (exact) mass is 201 g/mol. The van der Waals surface area contributed by atoms with Crippen LogP contribution in [0.1, 0.15) is 37.3 Å². The molecule has 1 atom stereocenters. The average Bonchev–Trinajstić information content (AvgIpc) is 2.16. The number of nitriles is 1. The van der Waals surface area contributed by atoms with E-state index < -0.39 is 0 Å². The Kier molecular flexibility index (Phi) is 2.19. The Morgan fingerprint density at radius 2 is 2.20 bits per heavy atom. The smallest absolute Gasteiger partial charge is 0.124 e. The highest BCUT2D eigenvalue weighted by molar-refractivity contribution is 5.44. The number of hydrogen-bond acceptors (Lipinski definition) is 2. The predicted octanol–water partition coefficient (Wildman–Crippen LogP) is 3.16. The maximum absolute atomic E-state index is 9.16. The number of nitrogens with zero attached hydrogens (tertiary/aromatic N) is 1. The third-order valence-corrected chi connectivity index (χ3v) is 2.78. The summed E-state index contributed by atoms with van der Waals surface area (Å²) in [5.41, 5.74) is 1.98. The van der Waals surface area contributed by atoms with E-state index in [4.69, 9.17) is 10.00 Å². The van der Waals surface area contributed by atoms with Crippen LogP contribution in [0.15, 0.2) is 18.2 Å². The molecule has 1 heterocycles. The van der Waals surface area contributed by atoms with E-state index in [1.54, 1.807) is 0 Å². The molecular weight excluding hydrogens is 186 g/mol. The van der Waals surface area contributed by atoms with E-state index in [1.165, 1.54) is 5.56 Å². The number of hydrogen-bond donors (Lipinski definition) is 0. The van der Waals surface area contributed by atoms with E-state index >= 15 is 0 Å². The molecule has 0 spiro atoms. The van der Waals surface area contributed by atoms with Gasteiger partial charge < -0.3 is 4.74 Å². The van der Waals surface area contributed by atoms with Crippen molar-refractivity contribution in [2.75, 3.05) is 0 Å². The van der Waals surface area contributed by atoms with Crippen LogP contribution in [0.2, 0.25) is 0 Å². The molecule has 1 unspecified atom stereocenters. The van der Waals surface area contributed by atoms with Crippen LogP contribution >= 0.6 is 0 Å². The first-order valence-electron chi connectivity index (χ1n) is 5.21. The van der Waals surface area contributed by atoms with Gasteiger partial charge in [-0.25, -0.2) is 0 Å². The predicted molar refractivity (Wildman–Crippen MR) is 58.9 cm³/mol. The Morgan fingerprint density at radius 3 is 2.87 bits per heavy atom. The Balaban J connectivity index is 2.50. The number of ether oxygens (including phenoxy) is 1. The molecule has 0 bridgehead atoms. The average molecular weight is 201 g/mol. The van der Waals surface area contributed by atoms with E-state index in [2.05, 4.69) is 12.1 Å². The molecule has 2 rings (SSSR count). The van der Waals surface area contributed by atoms with E-state index in [-0.39, 0.29) is 11.5 Å². The fraction of sp³-hybridized carbons (Fsp3) is 0.462. The summed E-state index contributed by atoms with van der Waals surface area (Å²) in [4.78, 5) is 0. The number of fused-ring (bicyclic) bond motifs is 1. The van der Waals surface area contributed by atoms with Crippen molar-refractivity contribution in [3.8, 4) is 11.8 Å². The number of benzene rings is 1. The van der Waals surface area contributed by atoms with Crippen LogP contribution in [0.4, 0.5) is 0 Å². The van der Waals surface area contributed by atoms with Crippen molar-refractivity contribution in [3.63, 3.8) is 0 Å². The molecule has 1 aromatic carbocycles. The topological polar surface area (TPSA) is 33.0 Å². The Labute approximate surface area is 90.5 Å². The van der Waals surface area contributed by atoms with Gasteiger partial charge in [0, 0.05) is 12.0 Å². The SMILES string of the molecule is Cc1ccc2c(c1)C(C#N)CC(C)(C)O2. The van der Waals surface area contributed by atoms with Crippen LogP contribution in [-0.4, -0.2) is 5.60 Å². The fourth-order valence-corrected chi connectivity index (χ4v) is 2.09. The summed E-state index contributed by atoms with van der Waals surface area (Å²) in [6.07, 6.45) is 0.764. The van der Waals surface area contributed by atoms with Gasteiger partial charge in [0.1, 0.15) is 11.4 Å². The zero-order valence-electron chi connectivity index (χ0n) is 9.37. The minimum Gasteiger partial charge on any atom is -0.487 e. The van der Waals surface area contributed by atoms with Gasteiger partial charge in [0.15, 0.2) is 0 Å². The molecule has 0 radical (unpaired) electrons. The summed E-state index contributed by atoms with van der Waals surface area (Å²) in [6, 6.07) is 8.41. The minimum atomic E-state index is -0.233. The molecule has 2 nitrogen and oxygen atoms in total. The molecule has 1 aromatic rings. The van der Waals surface area contributed by atoms with Gasteiger partial charge in [-0.1, -0.05) is 17.7 Å². The minimum absolute atomic E-state index is 0.0383. The molecule has 0 fully saturated rings. The van der Waals surface area contributed by atoms with Gasteiger partial charge in [0.25, 0.3) is 0 Å². The molecule has 78 valence electrons.